The second-order valence-electron chi connectivity index (χ2n) is 8.62. The summed E-state index contributed by atoms with van der Waals surface area (Å²) in [4.78, 5) is 18.2. The monoisotopic (exact) mass is 451 g/mol. The third kappa shape index (κ3) is 4.94. The molecule has 4 rings (SSSR count). The summed E-state index contributed by atoms with van der Waals surface area (Å²) < 4.78 is 21.1. The van der Waals surface area contributed by atoms with E-state index in [0.717, 1.165) is 24.4 Å². The molecule has 3 aromatic rings. The second kappa shape index (κ2) is 9.77. The van der Waals surface area contributed by atoms with Crippen LogP contribution in [0, 0.1) is 12.7 Å². The predicted molar refractivity (Wildman–Crippen MR) is 127 cm³/mol. The van der Waals surface area contributed by atoms with Gasteiger partial charge < -0.3 is 19.3 Å². The van der Waals surface area contributed by atoms with Gasteiger partial charge in [-0.25, -0.2) is 4.39 Å². The molecule has 1 aliphatic rings. The largest absolute Gasteiger partial charge is 0.507 e. The SMILES string of the molecule is COc1ccc(Cn2c(C)cc(O)c([C@H](c3cccc(F)c3)N3CCN(C)CC3)c2=O)cc1. The van der Waals surface area contributed by atoms with Gasteiger partial charge in [-0.3, -0.25) is 9.69 Å². The van der Waals surface area contributed by atoms with Gasteiger partial charge in [0.25, 0.3) is 5.56 Å². The van der Waals surface area contributed by atoms with Crippen molar-refractivity contribution in [2.45, 2.75) is 19.5 Å². The van der Waals surface area contributed by atoms with E-state index >= 15 is 0 Å². The van der Waals surface area contributed by atoms with Crippen molar-refractivity contribution in [3.8, 4) is 11.5 Å². The molecule has 2 heterocycles. The summed E-state index contributed by atoms with van der Waals surface area (Å²) in [6.07, 6.45) is 0. The van der Waals surface area contributed by atoms with E-state index < -0.39 is 6.04 Å². The molecule has 1 atom stereocenters. The van der Waals surface area contributed by atoms with Crippen molar-refractivity contribution in [1.29, 1.82) is 0 Å². The molecule has 33 heavy (non-hydrogen) atoms. The highest BCUT2D eigenvalue weighted by Crippen LogP contribution is 2.33. The minimum Gasteiger partial charge on any atom is -0.507 e. The van der Waals surface area contributed by atoms with E-state index in [1.807, 2.05) is 37.3 Å². The van der Waals surface area contributed by atoms with Crippen LogP contribution in [0.5, 0.6) is 11.5 Å². The molecular weight excluding hydrogens is 421 g/mol. The number of ether oxygens (including phenoxy) is 1. The summed E-state index contributed by atoms with van der Waals surface area (Å²) >= 11 is 0. The van der Waals surface area contributed by atoms with Crippen LogP contribution in [0.3, 0.4) is 0 Å². The Bertz CT molecular complexity index is 1170. The molecule has 0 unspecified atom stereocenters. The highest BCUT2D eigenvalue weighted by molar-refractivity contribution is 5.41. The number of piperazine rings is 1. The lowest BCUT2D eigenvalue weighted by Gasteiger charge is -2.38. The molecular formula is C26H30FN3O3. The van der Waals surface area contributed by atoms with Gasteiger partial charge in [0, 0.05) is 31.9 Å². The first-order valence-electron chi connectivity index (χ1n) is 11.1. The second-order valence-corrected chi connectivity index (χ2v) is 8.62. The van der Waals surface area contributed by atoms with Crippen molar-refractivity contribution in [1.82, 2.24) is 14.4 Å². The molecule has 0 saturated carbocycles. The van der Waals surface area contributed by atoms with Crippen molar-refractivity contribution in [2.75, 3.05) is 40.3 Å². The number of aryl methyl sites for hydroxylation is 1. The molecule has 1 fully saturated rings. The van der Waals surface area contributed by atoms with Crippen LogP contribution in [0.25, 0.3) is 0 Å². The molecule has 1 aromatic heterocycles. The van der Waals surface area contributed by atoms with Gasteiger partial charge in [-0.05, 0) is 55.4 Å². The standard InChI is InChI=1S/C26H30FN3O3/c1-18-15-23(31)24(26(32)30(18)17-19-7-9-22(33-3)10-8-19)25(20-5-4-6-21(27)16-20)29-13-11-28(2)12-14-29/h4-10,15-16,25,31H,11-14,17H2,1-3H3/t25-/m0/s1. The molecule has 174 valence electrons. The number of nitrogens with zero attached hydrogens (tertiary/aromatic N) is 3. The molecule has 0 aliphatic carbocycles. The Kier molecular flexibility index (Phi) is 6.81. The zero-order valence-electron chi connectivity index (χ0n) is 19.3. The lowest BCUT2D eigenvalue weighted by atomic mass is 9.95. The maximum absolute atomic E-state index is 14.2. The lowest BCUT2D eigenvalue weighted by Crippen LogP contribution is -2.47. The first-order valence-corrected chi connectivity index (χ1v) is 11.1. The van der Waals surface area contributed by atoms with E-state index in [9.17, 15) is 14.3 Å². The number of likely N-dealkylation sites (N-methyl/N-ethyl adjacent to an activating group) is 1. The molecule has 6 nitrogen and oxygen atoms in total. The van der Waals surface area contributed by atoms with E-state index in [2.05, 4.69) is 16.8 Å². The normalized spacial score (nSPS) is 16.0. The fourth-order valence-electron chi connectivity index (χ4n) is 4.45. The van der Waals surface area contributed by atoms with Crippen LogP contribution in [0.15, 0.2) is 59.4 Å². The number of methoxy groups -OCH3 is 1. The Morgan fingerprint density at radius 1 is 1.06 bits per heavy atom. The van der Waals surface area contributed by atoms with Gasteiger partial charge in [-0.1, -0.05) is 24.3 Å². The Morgan fingerprint density at radius 3 is 2.39 bits per heavy atom. The van der Waals surface area contributed by atoms with Crippen LogP contribution in [-0.2, 0) is 6.54 Å². The van der Waals surface area contributed by atoms with Crippen LogP contribution in [0.2, 0.25) is 0 Å². The molecule has 1 aliphatic heterocycles. The topological polar surface area (TPSA) is 57.9 Å². The molecule has 0 radical (unpaired) electrons. The van der Waals surface area contributed by atoms with Crippen LogP contribution in [0.1, 0.15) is 28.4 Å². The van der Waals surface area contributed by atoms with Crippen molar-refractivity contribution in [3.05, 3.63) is 93.2 Å². The predicted octanol–water partition coefficient (Wildman–Crippen LogP) is 3.40. The number of hydrogen-bond donors (Lipinski definition) is 1. The van der Waals surface area contributed by atoms with Gasteiger partial charge in [0.15, 0.2) is 0 Å². The summed E-state index contributed by atoms with van der Waals surface area (Å²) in [6, 6.07) is 15.0. The highest BCUT2D eigenvalue weighted by Gasteiger charge is 2.31. The van der Waals surface area contributed by atoms with E-state index in [1.165, 1.54) is 12.1 Å². The summed E-state index contributed by atoms with van der Waals surface area (Å²) in [5, 5.41) is 11.0. The van der Waals surface area contributed by atoms with Gasteiger partial charge in [0.2, 0.25) is 0 Å². The average molecular weight is 452 g/mol. The molecule has 0 spiro atoms. The van der Waals surface area contributed by atoms with E-state index in [0.29, 0.717) is 30.9 Å². The van der Waals surface area contributed by atoms with Crippen molar-refractivity contribution >= 4 is 0 Å². The fourth-order valence-corrected chi connectivity index (χ4v) is 4.45. The van der Waals surface area contributed by atoms with E-state index in [-0.39, 0.29) is 22.7 Å². The zero-order chi connectivity index (χ0) is 23.5. The quantitative estimate of drug-likeness (QED) is 0.623. The number of benzene rings is 2. The Balaban J connectivity index is 1.80. The summed E-state index contributed by atoms with van der Waals surface area (Å²) in [5.41, 5.74) is 2.28. The van der Waals surface area contributed by atoms with Crippen molar-refractivity contribution in [3.63, 3.8) is 0 Å². The van der Waals surface area contributed by atoms with Crippen LogP contribution in [-0.4, -0.2) is 59.8 Å². The van der Waals surface area contributed by atoms with Gasteiger partial charge >= 0.3 is 0 Å². The molecule has 1 saturated heterocycles. The molecule has 7 heteroatoms. The Hall–Kier alpha value is -3.16. The van der Waals surface area contributed by atoms with Gasteiger partial charge in [0.05, 0.1) is 25.3 Å². The molecule has 0 bridgehead atoms. The van der Waals surface area contributed by atoms with Gasteiger partial charge in [0.1, 0.15) is 17.3 Å². The smallest absolute Gasteiger partial charge is 0.259 e. The zero-order valence-corrected chi connectivity index (χ0v) is 19.3. The number of halogens is 1. The number of aromatic nitrogens is 1. The van der Waals surface area contributed by atoms with Crippen molar-refractivity contribution in [2.24, 2.45) is 0 Å². The van der Waals surface area contributed by atoms with E-state index in [4.69, 9.17) is 4.74 Å². The van der Waals surface area contributed by atoms with Crippen LogP contribution < -0.4 is 10.3 Å². The molecule has 2 aromatic carbocycles. The third-order valence-corrected chi connectivity index (χ3v) is 6.36. The summed E-state index contributed by atoms with van der Waals surface area (Å²) in [5.74, 6) is 0.323. The molecule has 1 N–H and O–H groups in total. The first-order chi connectivity index (χ1) is 15.9. The van der Waals surface area contributed by atoms with Crippen LogP contribution in [0.4, 0.5) is 4.39 Å². The minimum absolute atomic E-state index is 0.0586. The average Bonchev–Trinajstić information content (AvgIpc) is 2.80. The Labute approximate surface area is 193 Å². The third-order valence-electron chi connectivity index (χ3n) is 6.36. The maximum atomic E-state index is 14.2. The number of rotatable bonds is 6. The Morgan fingerprint density at radius 2 is 1.76 bits per heavy atom. The summed E-state index contributed by atoms with van der Waals surface area (Å²) in [6.45, 7) is 5.25. The fraction of sp³-hybridized carbons (Fsp3) is 0.346. The van der Waals surface area contributed by atoms with Gasteiger partial charge in [-0.15, -0.1) is 0 Å². The van der Waals surface area contributed by atoms with Crippen LogP contribution >= 0.6 is 0 Å². The van der Waals surface area contributed by atoms with Gasteiger partial charge in [-0.2, -0.15) is 0 Å². The summed E-state index contributed by atoms with van der Waals surface area (Å²) in [7, 11) is 3.67. The van der Waals surface area contributed by atoms with E-state index in [1.54, 1.807) is 23.8 Å². The van der Waals surface area contributed by atoms with Crippen molar-refractivity contribution < 1.29 is 14.2 Å². The number of pyridine rings is 1. The highest BCUT2D eigenvalue weighted by atomic mass is 19.1. The number of hydrogen-bond acceptors (Lipinski definition) is 5. The first kappa shape index (κ1) is 23.0. The lowest BCUT2D eigenvalue weighted by molar-refractivity contribution is 0.125. The minimum atomic E-state index is -0.537. The number of aromatic hydroxyl groups is 1. The molecule has 0 amide bonds. The maximum Gasteiger partial charge on any atom is 0.259 e.